The van der Waals surface area contributed by atoms with Crippen molar-refractivity contribution in [2.75, 3.05) is 0 Å². The number of rotatable bonds is 2. The molecule has 0 saturated carbocycles. The molecule has 0 amide bonds. The van der Waals surface area contributed by atoms with E-state index in [4.69, 9.17) is 5.73 Å². The van der Waals surface area contributed by atoms with Crippen molar-refractivity contribution in [3.05, 3.63) is 42.7 Å². The lowest BCUT2D eigenvalue weighted by Gasteiger charge is -2.02. The van der Waals surface area contributed by atoms with Crippen LogP contribution in [0.3, 0.4) is 0 Å². The molecule has 0 radical (unpaired) electrons. The van der Waals surface area contributed by atoms with Crippen molar-refractivity contribution in [3.63, 3.8) is 0 Å². The van der Waals surface area contributed by atoms with E-state index in [1.54, 1.807) is 18.5 Å². The highest BCUT2D eigenvalue weighted by atomic mass is 14.6. The predicted octanol–water partition coefficient (Wildman–Crippen LogP) is 1.65. The van der Waals surface area contributed by atoms with Crippen LogP contribution in [0.25, 0.3) is 11.8 Å². The Kier molecular flexibility index (Phi) is 2.06. The highest BCUT2D eigenvalue weighted by molar-refractivity contribution is 5.69. The Morgan fingerprint density at radius 1 is 1.64 bits per heavy atom. The number of nitrogens with zero attached hydrogens (tertiary/aromatic N) is 1. The third-order valence-corrected chi connectivity index (χ3v) is 1.42. The second-order valence-corrected chi connectivity index (χ2v) is 2.19. The Labute approximate surface area is 66.1 Å². The molecule has 11 heavy (non-hydrogen) atoms. The standard InChI is InChI=1S/C9H10N2/c1-3-8-6-11-5-4-9(8)7(2)10/h3-6H,1-2,10H2. The van der Waals surface area contributed by atoms with E-state index < -0.39 is 0 Å². The van der Waals surface area contributed by atoms with Crippen molar-refractivity contribution in [3.8, 4) is 0 Å². The quantitative estimate of drug-likeness (QED) is 0.689. The predicted molar refractivity (Wildman–Crippen MR) is 47.5 cm³/mol. The summed E-state index contributed by atoms with van der Waals surface area (Å²) in [5, 5.41) is 0. The van der Waals surface area contributed by atoms with Crippen molar-refractivity contribution in [2.24, 2.45) is 5.73 Å². The summed E-state index contributed by atoms with van der Waals surface area (Å²) in [7, 11) is 0. The molecule has 1 heterocycles. The zero-order valence-corrected chi connectivity index (χ0v) is 6.25. The Bertz CT molecular complexity index is 289. The molecule has 2 nitrogen and oxygen atoms in total. The van der Waals surface area contributed by atoms with Crippen LogP contribution in [0.15, 0.2) is 31.6 Å². The normalized spacial score (nSPS) is 9.09. The number of pyridine rings is 1. The topological polar surface area (TPSA) is 38.9 Å². The first-order valence-corrected chi connectivity index (χ1v) is 3.27. The van der Waals surface area contributed by atoms with Gasteiger partial charge in [-0.3, -0.25) is 4.98 Å². The van der Waals surface area contributed by atoms with Crippen molar-refractivity contribution in [1.29, 1.82) is 0 Å². The van der Waals surface area contributed by atoms with Crippen molar-refractivity contribution >= 4 is 11.8 Å². The van der Waals surface area contributed by atoms with E-state index in [1.807, 2.05) is 6.07 Å². The number of hydrogen-bond acceptors (Lipinski definition) is 2. The zero-order valence-electron chi connectivity index (χ0n) is 6.25. The first kappa shape index (κ1) is 7.54. The maximum Gasteiger partial charge on any atom is 0.0346 e. The van der Waals surface area contributed by atoms with Crippen LogP contribution in [0, 0.1) is 0 Å². The van der Waals surface area contributed by atoms with Gasteiger partial charge in [0.1, 0.15) is 0 Å². The molecule has 0 fully saturated rings. The lowest BCUT2D eigenvalue weighted by Crippen LogP contribution is -1.96. The minimum atomic E-state index is 0.544. The molecule has 0 saturated heterocycles. The third kappa shape index (κ3) is 1.46. The molecule has 0 aliphatic heterocycles. The number of hydrogen-bond donors (Lipinski definition) is 1. The van der Waals surface area contributed by atoms with Crippen LogP contribution in [0.2, 0.25) is 0 Å². The van der Waals surface area contributed by atoms with E-state index in [0.29, 0.717) is 5.70 Å². The van der Waals surface area contributed by atoms with Gasteiger partial charge in [0.25, 0.3) is 0 Å². The van der Waals surface area contributed by atoms with Crippen LogP contribution >= 0.6 is 0 Å². The lowest BCUT2D eigenvalue weighted by molar-refractivity contribution is 1.30. The number of nitrogens with two attached hydrogens (primary N) is 1. The second-order valence-electron chi connectivity index (χ2n) is 2.19. The van der Waals surface area contributed by atoms with E-state index >= 15 is 0 Å². The van der Waals surface area contributed by atoms with Gasteiger partial charge in [0.2, 0.25) is 0 Å². The van der Waals surface area contributed by atoms with Crippen LogP contribution < -0.4 is 5.73 Å². The molecule has 1 rings (SSSR count). The van der Waals surface area contributed by atoms with Gasteiger partial charge in [0.05, 0.1) is 0 Å². The van der Waals surface area contributed by atoms with Gasteiger partial charge in [0.15, 0.2) is 0 Å². The van der Waals surface area contributed by atoms with Crippen molar-refractivity contribution < 1.29 is 0 Å². The van der Waals surface area contributed by atoms with Gasteiger partial charge < -0.3 is 5.73 Å². The molecule has 0 aliphatic rings. The van der Waals surface area contributed by atoms with Crippen LogP contribution in [-0.2, 0) is 0 Å². The fourth-order valence-electron chi connectivity index (χ4n) is 0.862. The van der Waals surface area contributed by atoms with Gasteiger partial charge >= 0.3 is 0 Å². The Balaban J connectivity index is 3.22. The largest absolute Gasteiger partial charge is 0.399 e. The molecule has 1 aromatic heterocycles. The molecule has 0 aromatic carbocycles. The van der Waals surface area contributed by atoms with Crippen LogP contribution in [-0.4, -0.2) is 4.98 Å². The fraction of sp³-hybridized carbons (Fsp3) is 0. The summed E-state index contributed by atoms with van der Waals surface area (Å²) in [6.45, 7) is 7.27. The van der Waals surface area contributed by atoms with Gasteiger partial charge in [-0.15, -0.1) is 0 Å². The number of aromatic nitrogens is 1. The van der Waals surface area contributed by atoms with Gasteiger partial charge in [-0.2, -0.15) is 0 Å². The molecule has 2 heteroatoms. The Morgan fingerprint density at radius 2 is 2.36 bits per heavy atom. The molecule has 0 bridgehead atoms. The van der Waals surface area contributed by atoms with E-state index in [-0.39, 0.29) is 0 Å². The Hall–Kier alpha value is -1.57. The van der Waals surface area contributed by atoms with E-state index in [9.17, 15) is 0 Å². The first-order chi connectivity index (χ1) is 5.25. The summed E-state index contributed by atoms with van der Waals surface area (Å²) < 4.78 is 0. The summed E-state index contributed by atoms with van der Waals surface area (Å²) in [5.74, 6) is 0. The summed E-state index contributed by atoms with van der Waals surface area (Å²) >= 11 is 0. The molecule has 0 atom stereocenters. The van der Waals surface area contributed by atoms with E-state index in [1.165, 1.54) is 0 Å². The second kappa shape index (κ2) is 3.01. The summed E-state index contributed by atoms with van der Waals surface area (Å²) in [6, 6.07) is 1.82. The SMILES string of the molecule is C=Cc1cnccc1C(=C)N. The monoisotopic (exact) mass is 146 g/mol. The van der Waals surface area contributed by atoms with E-state index in [2.05, 4.69) is 18.1 Å². The minimum Gasteiger partial charge on any atom is -0.399 e. The molecular weight excluding hydrogens is 136 g/mol. The molecule has 0 aliphatic carbocycles. The molecule has 2 N–H and O–H groups in total. The molecule has 56 valence electrons. The summed E-state index contributed by atoms with van der Waals surface area (Å²) in [4.78, 5) is 3.93. The maximum atomic E-state index is 5.52. The maximum absolute atomic E-state index is 5.52. The third-order valence-electron chi connectivity index (χ3n) is 1.42. The van der Waals surface area contributed by atoms with Gasteiger partial charge in [-0.05, 0) is 6.07 Å². The van der Waals surface area contributed by atoms with Crippen molar-refractivity contribution in [1.82, 2.24) is 4.98 Å². The summed E-state index contributed by atoms with van der Waals surface area (Å²) in [6.07, 6.45) is 5.10. The zero-order chi connectivity index (χ0) is 8.27. The highest BCUT2D eigenvalue weighted by Gasteiger charge is 1.97. The average Bonchev–Trinajstić information content (AvgIpc) is 2.04. The average molecular weight is 146 g/mol. The molecular formula is C9H10N2. The van der Waals surface area contributed by atoms with Crippen LogP contribution in [0.4, 0.5) is 0 Å². The van der Waals surface area contributed by atoms with Crippen LogP contribution in [0.5, 0.6) is 0 Å². The van der Waals surface area contributed by atoms with Crippen LogP contribution in [0.1, 0.15) is 11.1 Å². The fourth-order valence-corrected chi connectivity index (χ4v) is 0.862. The summed E-state index contributed by atoms with van der Waals surface area (Å²) in [5.41, 5.74) is 7.88. The van der Waals surface area contributed by atoms with Crippen molar-refractivity contribution in [2.45, 2.75) is 0 Å². The lowest BCUT2D eigenvalue weighted by atomic mass is 10.1. The van der Waals surface area contributed by atoms with Gasteiger partial charge in [-0.25, -0.2) is 0 Å². The minimum absolute atomic E-state index is 0.544. The van der Waals surface area contributed by atoms with Gasteiger partial charge in [0, 0.05) is 29.2 Å². The smallest absolute Gasteiger partial charge is 0.0346 e. The molecule has 0 spiro atoms. The molecule has 0 unspecified atom stereocenters. The molecule has 1 aromatic rings. The first-order valence-electron chi connectivity index (χ1n) is 3.27. The van der Waals surface area contributed by atoms with E-state index in [0.717, 1.165) is 11.1 Å². The Morgan fingerprint density at radius 3 is 2.82 bits per heavy atom. The van der Waals surface area contributed by atoms with Gasteiger partial charge in [-0.1, -0.05) is 19.2 Å². The highest BCUT2D eigenvalue weighted by Crippen LogP contribution is 2.12.